The number of rotatable bonds is 24. The first-order valence-corrected chi connectivity index (χ1v) is 62.2. The number of pyridine rings is 4. The lowest BCUT2D eigenvalue weighted by Gasteiger charge is -2.44. The summed E-state index contributed by atoms with van der Waals surface area (Å²) in [5.41, 5.74) is 21.0. The predicted octanol–water partition coefficient (Wildman–Crippen LogP) is 23.2. The van der Waals surface area contributed by atoms with Crippen LogP contribution in [0.3, 0.4) is 0 Å². The monoisotopic (exact) mass is 2260 g/mol. The van der Waals surface area contributed by atoms with E-state index in [0.29, 0.717) is 75.6 Å². The molecule has 8 aromatic heterocycles. The number of halogens is 4. The second-order valence-electron chi connectivity index (χ2n) is 45.6. The maximum atomic E-state index is 12.2. The number of aromatic nitrogens is 8. The number of nitrogens with two attached hydrogens (primary N) is 1. The third-order valence-electron chi connectivity index (χ3n) is 30.0. The van der Waals surface area contributed by atoms with Crippen LogP contribution in [0.2, 0.25) is 39.5 Å². The zero-order valence-electron chi connectivity index (χ0n) is 90.0. The second kappa shape index (κ2) is 47.8. The Morgan fingerprint density at radius 2 is 0.958 bits per heavy atom. The van der Waals surface area contributed by atoms with E-state index in [1.165, 1.54) is 22.1 Å². The fraction of sp³-hybridized carbons (Fsp3) is 0.644. The molecule has 2 amide bonds. The third-order valence-corrected chi connectivity index (χ3v) is 46.5. The fourth-order valence-corrected chi connectivity index (χ4v) is 37.9. The van der Waals surface area contributed by atoms with Crippen LogP contribution in [0.25, 0.3) is 60.9 Å². The third kappa shape index (κ3) is 28.1. The van der Waals surface area contributed by atoms with Crippen molar-refractivity contribution in [2.45, 2.75) is 382 Å². The van der Waals surface area contributed by atoms with Crippen molar-refractivity contribution >= 4 is 198 Å². The summed E-state index contributed by atoms with van der Waals surface area (Å²) >= 11 is 9.31. The van der Waals surface area contributed by atoms with Crippen molar-refractivity contribution in [2.24, 2.45) is 29.4 Å². The first-order chi connectivity index (χ1) is 66.3. The van der Waals surface area contributed by atoms with Crippen LogP contribution in [-0.2, 0) is 47.2 Å². The highest BCUT2D eigenvalue weighted by Crippen LogP contribution is 2.53. The number of nitrogens with one attached hydrogen (secondary N) is 5. The van der Waals surface area contributed by atoms with Gasteiger partial charge in [-0.3, -0.25) is 0 Å². The molecule has 788 valence electrons. The Morgan fingerprint density at radius 3 is 1.32 bits per heavy atom. The minimum Gasteiger partial charge on any atom is -0.531 e. The molecule has 4 aliphatic heterocycles. The van der Waals surface area contributed by atoms with Crippen molar-refractivity contribution < 1.29 is 79.0 Å². The molecule has 29 nitrogen and oxygen atoms in total. The Morgan fingerprint density at radius 1 is 0.580 bits per heavy atom. The molecule has 2 saturated heterocycles. The van der Waals surface area contributed by atoms with Gasteiger partial charge in [-0.25, -0.2) is 51.1 Å². The summed E-state index contributed by atoms with van der Waals surface area (Å²) in [6, 6.07) is 8.84. The van der Waals surface area contributed by atoms with Gasteiger partial charge in [0.15, 0.2) is 16.5 Å². The van der Waals surface area contributed by atoms with E-state index in [4.69, 9.17) is 63.8 Å². The Bertz CT molecular complexity index is 5930. The smallest absolute Gasteiger partial charge is 0.531 e. The lowest BCUT2D eigenvalue weighted by Crippen LogP contribution is -2.51. The number of aryl methyl sites for hydroxylation is 2. The molecule has 4 saturated carbocycles. The van der Waals surface area contributed by atoms with Crippen LogP contribution in [0.15, 0.2) is 91.9 Å². The number of allylic oxidation sites excluding steroid dienone is 4. The minimum atomic E-state index is -3.20. The largest absolute Gasteiger partial charge is 0.552 e. The van der Waals surface area contributed by atoms with E-state index in [0.717, 1.165) is 124 Å². The van der Waals surface area contributed by atoms with Crippen molar-refractivity contribution in [3.8, 4) is 11.5 Å². The van der Waals surface area contributed by atoms with Crippen LogP contribution in [0.5, 0.6) is 11.5 Å². The number of aromatic amines is 2. The summed E-state index contributed by atoms with van der Waals surface area (Å²) in [5.74, 6) is 6.09. The van der Waals surface area contributed by atoms with Gasteiger partial charge >= 0.3 is 43.8 Å². The Kier molecular flexibility index (Phi) is 39.8. The summed E-state index contributed by atoms with van der Waals surface area (Å²) < 4.78 is 97.6. The maximum Gasteiger partial charge on any atom is 0.552 e. The SMILES string of the molecule is BrB(Br)Br.C/C=C(\c1c(C)cnc2c1ccn2[Si](C(C)C)(C(C)C)C(C)C)C1CC(NC(=O)OC(C)(C)C)C1.CC1(C)OB(CB2OC(C)(C)C(C)(C)O2)OC1(C)C.CCCS(=O)(=O)Cl.CCCS(=O)(=O)NC1CC(C2=CB(O)Oc3cnc4[nH]ccc4c32)C1.Cc1cnc2c(ccn2[Si](C(C)C)(C(C)C)C(C)C)c1C(O)C1CC(NC(=O)OC(C)(C)C)C1.NC1CC(C2=CB(O)Oc3cnc4[nH]ccc4c32)C1. The van der Waals surface area contributed by atoms with Gasteiger partial charge in [-0.1, -0.05) is 103 Å². The van der Waals surface area contributed by atoms with Gasteiger partial charge < -0.3 is 87.4 Å². The van der Waals surface area contributed by atoms with Crippen molar-refractivity contribution in [3.05, 3.63) is 125 Å². The lowest BCUT2D eigenvalue weighted by atomic mass is 9.64. The van der Waals surface area contributed by atoms with Crippen molar-refractivity contribution in [3.63, 3.8) is 0 Å². The quantitative estimate of drug-likeness (QED) is 0.0200. The van der Waals surface area contributed by atoms with Gasteiger partial charge in [-0.2, -0.15) is 0 Å². The van der Waals surface area contributed by atoms with Gasteiger partial charge in [0.1, 0.15) is 45.3 Å². The molecule has 8 aromatic rings. The molecule has 4 aliphatic carbocycles. The number of ether oxygens (including phenoxy) is 2. The van der Waals surface area contributed by atoms with Crippen LogP contribution in [0.4, 0.5) is 9.59 Å². The molecule has 0 radical (unpaired) electrons. The van der Waals surface area contributed by atoms with Crippen LogP contribution in [0, 0.1) is 37.5 Å². The zero-order chi connectivity index (χ0) is 107. The lowest BCUT2D eigenvalue weighted by molar-refractivity contribution is 0.00578. The van der Waals surface area contributed by atoms with Gasteiger partial charge in [-0.05, 0) is 326 Å². The summed E-state index contributed by atoms with van der Waals surface area (Å²) in [6.07, 6.45) is 25.0. The van der Waals surface area contributed by atoms with Gasteiger partial charge in [0.2, 0.25) is 19.1 Å². The molecule has 42 heteroatoms. The number of sulfonamides is 1. The van der Waals surface area contributed by atoms with Crippen molar-refractivity contribution in [2.75, 3.05) is 11.5 Å². The van der Waals surface area contributed by atoms with E-state index >= 15 is 0 Å². The predicted molar refractivity (Wildman–Crippen MR) is 601 cm³/mol. The van der Waals surface area contributed by atoms with Crippen LogP contribution in [-0.4, -0.2) is 200 Å². The molecule has 0 bridgehead atoms. The number of amides is 2. The topological polar surface area (TPSA) is 392 Å². The highest BCUT2D eigenvalue weighted by Gasteiger charge is 2.58. The maximum absolute atomic E-state index is 12.2. The average Bonchev–Trinajstić information content (AvgIpc) is 1.58. The van der Waals surface area contributed by atoms with E-state index < -0.39 is 67.1 Å². The number of fused-ring (bicyclic) bond motifs is 8. The first-order valence-electron chi connectivity index (χ1n) is 50.9. The highest BCUT2D eigenvalue weighted by molar-refractivity contribution is 9.69. The molecular formula is C101H159B5Br3ClN12O17S2Si2. The highest BCUT2D eigenvalue weighted by atomic mass is 79.9. The molecule has 1 unspecified atom stereocenters. The molecule has 12 heterocycles. The van der Waals surface area contributed by atoms with Gasteiger partial charge in [0.05, 0.1) is 52.4 Å². The summed E-state index contributed by atoms with van der Waals surface area (Å²) in [5, 5.41) is 41.5. The number of aliphatic hydroxyl groups excluding tert-OH is 1. The Hall–Kier alpha value is -5.85. The van der Waals surface area contributed by atoms with Gasteiger partial charge in [-0.15, -0.1) is 47.3 Å². The Labute approximate surface area is 883 Å². The molecular weight excluding hydrogens is 2100 g/mol. The molecule has 0 aromatic carbocycles. The van der Waals surface area contributed by atoms with E-state index in [9.17, 15) is 41.6 Å². The standard InChI is InChI=1S/C29H47N3O2Si.C27H45N3O3Si.C16H20BN3O4S.C13H26B2O4.C13H14BN3O2.C3H7ClO2S.BBr3/c1-12-24(22-15-23(16-22)31-28(33)34-29(9,10)11)26-21(8)17-30-27-25(26)13-14-32(27)35(18(2)3,19(4)5)20(6)7;1-16(2)34(17(3)4,18(5)6)30-12-11-22-23(19(7)15-28-25(22)30)24(31)20-13-21(14-20)29-26(32)33-27(8,9)10;1-2-5-25(22,23)20-11-6-10(7-11)13-8-17(21)24-14-9-19-16-12(15(13)14)3-4-18-16;1-10(2)11(3,4)17-14(16-10)9-15-18-12(5,6)13(7,8)19-15;15-8-3-7(4-8)10-5-14(18)19-11-6-17-13-9(12(10)11)1-2-16-13;1-2-3-7(4,5)6;2-1(3)4/h12-14,17-20,22-23H,15-16H2,1-11H3,(H,31,33);11-12,15-18,20-21,24,31H,13-14H2,1-10H3,(H,29,32);3-4,8-11,20-21H,2,5-7H2,1H3,(H,18,19);9H2,1-8H3;1-2,5-8,18H,3-4,15H2,(H,16,17);2-3H2,1H3;/b24-12-;;;;;;. The van der Waals surface area contributed by atoms with E-state index in [1.807, 2.05) is 86.1 Å². The van der Waals surface area contributed by atoms with Crippen LogP contribution >= 0.6 is 58.0 Å². The van der Waals surface area contributed by atoms with E-state index in [2.05, 4.69) is 280 Å². The summed E-state index contributed by atoms with van der Waals surface area (Å²) in [6.45, 7) is 66.2. The summed E-state index contributed by atoms with van der Waals surface area (Å²) in [4.78, 5) is 49.0. The number of carbonyl (C=O) groups is 2. The number of hydrogen-bond acceptors (Lipinski definition) is 22. The number of hydrogen-bond donors (Lipinski definition) is 9. The molecule has 10 N–H and O–H groups in total. The molecule has 1 atom stereocenters. The zero-order valence-corrected chi connectivity index (χ0v) is 99.2. The molecule has 6 fully saturated rings. The molecule has 8 aliphatic rings. The number of H-pyrrole nitrogens is 2. The van der Waals surface area contributed by atoms with E-state index in [-0.39, 0.29) is 99.5 Å². The fourth-order valence-electron chi connectivity index (χ4n) is 22.5. The van der Waals surface area contributed by atoms with Crippen molar-refractivity contribution in [1.29, 1.82) is 0 Å². The average molecular weight is 2260 g/mol. The van der Waals surface area contributed by atoms with Crippen LogP contribution < -0.4 is 30.4 Å². The number of nitrogens with zero attached hydrogens (tertiary/aromatic N) is 6. The summed E-state index contributed by atoms with van der Waals surface area (Å²) in [7, 11) is -7.90. The van der Waals surface area contributed by atoms with Gasteiger partial charge in [0, 0.05) is 98.5 Å². The van der Waals surface area contributed by atoms with Crippen molar-refractivity contribution in [1.82, 2.24) is 53.7 Å². The van der Waals surface area contributed by atoms with Gasteiger partial charge in [0.25, 0.3) is 0 Å². The molecule has 143 heavy (non-hydrogen) atoms. The Balaban J connectivity index is 0.000000182. The molecule has 16 rings (SSSR count). The second-order valence-corrected chi connectivity index (χ2v) is 68.2. The van der Waals surface area contributed by atoms with Crippen LogP contribution in [0.1, 0.15) is 304 Å². The first kappa shape index (κ1) is 119. The number of carbonyl (C=O) groups excluding carboxylic acids is 2. The minimum absolute atomic E-state index is 0.0413. The number of alkyl carbamates (subject to hydrolysis) is 2. The molecule has 0 spiro atoms. The normalized spacial score (nSPS) is 21.9. The number of aliphatic hydroxyl groups is 1. The van der Waals surface area contributed by atoms with E-state index in [1.54, 1.807) is 31.3 Å².